The molecule has 2 heteroatoms. The molecule has 0 amide bonds. The minimum Gasteiger partial charge on any atom is -0.392 e. The minimum absolute atomic E-state index is 0.0597. The highest BCUT2D eigenvalue weighted by Gasteiger charge is 2.21. The van der Waals surface area contributed by atoms with Crippen LogP contribution in [-0.4, -0.2) is 16.2 Å². The third-order valence-electron chi connectivity index (χ3n) is 2.15. The van der Waals surface area contributed by atoms with Crippen LogP contribution >= 0.6 is 0 Å². The van der Waals surface area contributed by atoms with E-state index >= 15 is 0 Å². The summed E-state index contributed by atoms with van der Waals surface area (Å²) in [5.74, 6) is 0. The van der Waals surface area contributed by atoms with Crippen LogP contribution in [0.2, 0.25) is 0 Å². The maximum Gasteiger partial charge on any atom is 0.0629 e. The largest absolute Gasteiger partial charge is 0.392 e. The second kappa shape index (κ2) is 3.88. The number of hydrogen-bond donors (Lipinski definition) is 1. The highest BCUT2D eigenvalue weighted by molar-refractivity contribution is 5.10. The Morgan fingerprint density at radius 1 is 1.46 bits per heavy atom. The van der Waals surface area contributed by atoms with Crippen molar-refractivity contribution < 1.29 is 5.11 Å². The SMILES string of the molecule is CC(C)(C)C(O)Cc1cccnc1. The number of nitrogens with zero attached hydrogens (tertiary/aromatic N) is 1. The van der Waals surface area contributed by atoms with Crippen molar-refractivity contribution >= 4 is 0 Å². The number of aromatic nitrogens is 1. The molecule has 72 valence electrons. The Morgan fingerprint density at radius 3 is 2.62 bits per heavy atom. The maximum atomic E-state index is 9.81. The Morgan fingerprint density at radius 2 is 2.15 bits per heavy atom. The van der Waals surface area contributed by atoms with Gasteiger partial charge in [0.2, 0.25) is 0 Å². The van der Waals surface area contributed by atoms with Crippen molar-refractivity contribution in [3.63, 3.8) is 0 Å². The van der Waals surface area contributed by atoms with E-state index in [2.05, 4.69) is 4.98 Å². The van der Waals surface area contributed by atoms with E-state index in [0.717, 1.165) is 5.56 Å². The van der Waals surface area contributed by atoms with Gasteiger partial charge in [-0.3, -0.25) is 4.98 Å². The lowest BCUT2D eigenvalue weighted by Crippen LogP contribution is -2.28. The predicted octanol–water partition coefficient (Wildman–Crippen LogP) is 2.03. The number of pyridine rings is 1. The van der Waals surface area contributed by atoms with E-state index in [1.807, 2.05) is 32.9 Å². The zero-order valence-corrected chi connectivity index (χ0v) is 8.49. The molecule has 0 saturated heterocycles. The fourth-order valence-electron chi connectivity index (χ4n) is 1.05. The molecule has 1 aromatic heterocycles. The smallest absolute Gasteiger partial charge is 0.0629 e. The minimum atomic E-state index is -0.309. The summed E-state index contributed by atoms with van der Waals surface area (Å²) in [4.78, 5) is 4.01. The van der Waals surface area contributed by atoms with Crippen LogP contribution in [-0.2, 0) is 6.42 Å². The van der Waals surface area contributed by atoms with Crippen LogP contribution in [0.15, 0.2) is 24.5 Å². The molecule has 13 heavy (non-hydrogen) atoms. The van der Waals surface area contributed by atoms with E-state index in [4.69, 9.17) is 0 Å². The Hall–Kier alpha value is -0.890. The monoisotopic (exact) mass is 179 g/mol. The molecule has 2 nitrogen and oxygen atoms in total. The van der Waals surface area contributed by atoms with Gasteiger partial charge < -0.3 is 5.11 Å². The average molecular weight is 179 g/mol. The zero-order chi connectivity index (χ0) is 9.90. The summed E-state index contributed by atoms with van der Waals surface area (Å²) >= 11 is 0. The molecule has 0 radical (unpaired) electrons. The van der Waals surface area contributed by atoms with Crippen molar-refractivity contribution in [2.45, 2.75) is 33.3 Å². The van der Waals surface area contributed by atoms with E-state index < -0.39 is 0 Å². The van der Waals surface area contributed by atoms with Crippen molar-refractivity contribution in [3.05, 3.63) is 30.1 Å². The molecule has 0 aliphatic rings. The second-order valence-electron chi connectivity index (χ2n) is 4.45. The third kappa shape index (κ3) is 3.15. The first-order valence-electron chi connectivity index (χ1n) is 4.57. The summed E-state index contributed by atoms with van der Waals surface area (Å²) in [7, 11) is 0. The molecular formula is C11H17NO. The fourth-order valence-corrected chi connectivity index (χ4v) is 1.05. The van der Waals surface area contributed by atoms with Crippen molar-refractivity contribution in [1.29, 1.82) is 0 Å². The summed E-state index contributed by atoms with van der Waals surface area (Å²) < 4.78 is 0. The van der Waals surface area contributed by atoms with Crippen LogP contribution in [0, 0.1) is 5.41 Å². The maximum absolute atomic E-state index is 9.81. The second-order valence-corrected chi connectivity index (χ2v) is 4.45. The standard InChI is InChI=1S/C11H17NO/c1-11(2,3)10(13)7-9-5-4-6-12-8-9/h4-6,8,10,13H,7H2,1-3H3. The van der Waals surface area contributed by atoms with E-state index in [1.165, 1.54) is 0 Å². The summed E-state index contributed by atoms with van der Waals surface area (Å²) in [5.41, 5.74) is 1.03. The first kappa shape index (κ1) is 10.2. The van der Waals surface area contributed by atoms with Gasteiger partial charge in [0.1, 0.15) is 0 Å². The van der Waals surface area contributed by atoms with Gasteiger partial charge in [-0.25, -0.2) is 0 Å². The van der Waals surface area contributed by atoms with Crippen LogP contribution in [0.4, 0.5) is 0 Å². The van der Waals surface area contributed by atoms with E-state index in [1.54, 1.807) is 12.4 Å². The topological polar surface area (TPSA) is 33.1 Å². The molecule has 0 saturated carbocycles. The normalized spacial score (nSPS) is 14.2. The zero-order valence-electron chi connectivity index (χ0n) is 8.49. The summed E-state index contributed by atoms with van der Waals surface area (Å²) in [6, 6.07) is 3.88. The first-order valence-corrected chi connectivity index (χ1v) is 4.57. The molecule has 1 N–H and O–H groups in total. The highest BCUT2D eigenvalue weighted by atomic mass is 16.3. The van der Waals surface area contributed by atoms with Gasteiger partial charge in [-0.2, -0.15) is 0 Å². The molecule has 0 aromatic carbocycles. The van der Waals surface area contributed by atoms with Crippen molar-refractivity contribution in [3.8, 4) is 0 Å². The lowest BCUT2D eigenvalue weighted by atomic mass is 9.86. The van der Waals surface area contributed by atoms with Crippen molar-refractivity contribution in [1.82, 2.24) is 4.98 Å². The Bertz CT molecular complexity index is 251. The molecule has 1 unspecified atom stereocenters. The van der Waals surface area contributed by atoms with Gasteiger partial charge in [0, 0.05) is 18.8 Å². The van der Waals surface area contributed by atoms with E-state index in [0.29, 0.717) is 6.42 Å². The van der Waals surface area contributed by atoms with Crippen LogP contribution in [0.25, 0.3) is 0 Å². The van der Waals surface area contributed by atoms with Gasteiger partial charge in [-0.05, 0) is 17.0 Å². The molecule has 0 bridgehead atoms. The van der Waals surface area contributed by atoms with Crippen molar-refractivity contribution in [2.24, 2.45) is 5.41 Å². The number of hydrogen-bond acceptors (Lipinski definition) is 2. The van der Waals surface area contributed by atoms with Crippen LogP contribution in [0.1, 0.15) is 26.3 Å². The van der Waals surface area contributed by atoms with Crippen LogP contribution in [0.5, 0.6) is 0 Å². The lowest BCUT2D eigenvalue weighted by Gasteiger charge is -2.25. The Labute approximate surface area is 79.6 Å². The van der Waals surface area contributed by atoms with E-state index in [-0.39, 0.29) is 11.5 Å². The molecule has 1 aromatic rings. The molecular weight excluding hydrogens is 162 g/mol. The van der Waals surface area contributed by atoms with Gasteiger partial charge >= 0.3 is 0 Å². The van der Waals surface area contributed by atoms with E-state index in [9.17, 15) is 5.11 Å². The number of rotatable bonds is 2. The molecule has 0 aliphatic heterocycles. The molecule has 1 heterocycles. The Balaban J connectivity index is 2.61. The quantitative estimate of drug-likeness (QED) is 0.753. The molecule has 1 atom stereocenters. The Kier molecular flexibility index (Phi) is 3.04. The fraction of sp³-hybridized carbons (Fsp3) is 0.545. The highest BCUT2D eigenvalue weighted by Crippen LogP contribution is 2.21. The lowest BCUT2D eigenvalue weighted by molar-refractivity contribution is 0.0635. The molecule has 0 spiro atoms. The number of aliphatic hydroxyl groups excluding tert-OH is 1. The average Bonchev–Trinajstić information content (AvgIpc) is 2.04. The van der Waals surface area contributed by atoms with Gasteiger partial charge in [-0.15, -0.1) is 0 Å². The van der Waals surface area contributed by atoms with Gasteiger partial charge in [0.05, 0.1) is 6.10 Å². The van der Waals surface area contributed by atoms with Gasteiger partial charge in [-0.1, -0.05) is 26.8 Å². The summed E-state index contributed by atoms with van der Waals surface area (Å²) in [5, 5.41) is 9.81. The first-order chi connectivity index (χ1) is 6.00. The molecule has 0 aliphatic carbocycles. The van der Waals surface area contributed by atoms with Gasteiger partial charge in [0.15, 0.2) is 0 Å². The van der Waals surface area contributed by atoms with Gasteiger partial charge in [0.25, 0.3) is 0 Å². The van der Waals surface area contributed by atoms with Crippen molar-refractivity contribution in [2.75, 3.05) is 0 Å². The molecule has 0 fully saturated rings. The number of aliphatic hydroxyl groups is 1. The third-order valence-corrected chi connectivity index (χ3v) is 2.15. The molecule has 1 rings (SSSR count). The van der Waals surface area contributed by atoms with Crippen LogP contribution < -0.4 is 0 Å². The summed E-state index contributed by atoms with van der Waals surface area (Å²) in [6.07, 6.45) is 3.91. The predicted molar refractivity (Wildman–Crippen MR) is 53.4 cm³/mol. The summed E-state index contributed by atoms with van der Waals surface area (Å²) in [6.45, 7) is 6.11. The van der Waals surface area contributed by atoms with Crippen LogP contribution in [0.3, 0.4) is 0 Å².